The van der Waals surface area contributed by atoms with Gasteiger partial charge in [0.15, 0.2) is 9.84 Å². The second kappa shape index (κ2) is 7.72. The molecule has 2 amide bonds. The van der Waals surface area contributed by atoms with Gasteiger partial charge in [0.25, 0.3) is 0 Å². The highest BCUT2D eigenvalue weighted by Gasteiger charge is 2.28. The van der Waals surface area contributed by atoms with Gasteiger partial charge in [-0.3, -0.25) is 9.59 Å². The van der Waals surface area contributed by atoms with E-state index in [0.29, 0.717) is 36.5 Å². The molecule has 2 N–H and O–H groups in total. The molecule has 0 bridgehead atoms. The largest absolute Gasteiger partial charge is 0.369 e. The number of amides is 2. The Morgan fingerprint density at radius 2 is 1.79 bits per heavy atom. The van der Waals surface area contributed by atoms with Crippen LogP contribution in [-0.2, 0) is 25.2 Å². The summed E-state index contributed by atoms with van der Waals surface area (Å²) in [4.78, 5) is 24.8. The van der Waals surface area contributed by atoms with Gasteiger partial charge >= 0.3 is 0 Å². The molecule has 1 aromatic carbocycles. The third-order valence-corrected chi connectivity index (χ3v) is 6.16. The molecule has 1 aromatic rings. The van der Waals surface area contributed by atoms with E-state index in [1.807, 2.05) is 0 Å². The molecule has 0 atom stereocenters. The molecular weight excluding hydrogens is 375 g/mol. The summed E-state index contributed by atoms with van der Waals surface area (Å²) in [5, 5.41) is 0.607. The van der Waals surface area contributed by atoms with E-state index in [9.17, 15) is 18.0 Å². The van der Waals surface area contributed by atoms with Crippen molar-refractivity contribution in [2.24, 2.45) is 11.7 Å². The van der Waals surface area contributed by atoms with E-state index in [1.165, 1.54) is 17.0 Å². The third-order valence-electron chi connectivity index (χ3n) is 3.96. The molecule has 1 heterocycles. The minimum absolute atomic E-state index is 0.248. The number of rotatable bonds is 5. The van der Waals surface area contributed by atoms with Crippen molar-refractivity contribution in [3.8, 4) is 0 Å². The number of hydrogen-bond acceptors (Lipinski definition) is 4. The summed E-state index contributed by atoms with van der Waals surface area (Å²) >= 11 is 11.7. The Bertz CT molecular complexity index is 744. The van der Waals surface area contributed by atoms with E-state index in [-0.39, 0.29) is 22.6 Å². The molecule has 1 saturated heterocycles. The molecule has 132 valence electrons. The fourth-order valence-corrected chi connectivity index (χ4v) is 4.30. The predicted octanol–water partition coefficient (Wildman–Crippen LogP) is 1.63. The smallest absolute Gasteiger partial charge is 0.237 e. The first-order chi connectivity index (χ1) is 11.2. The standard InChI is InChI=1S/C15H18Cl2N2O4S/c16-12-2-1-10(7-13(12)17)8-24(22,23)9-14(20)19-5-3-11(4-6-19)15(18)21/h1-2,7,11H,3-6,8-9H2,(H2,18,21). The topological polar surface area (TPSA) is 97.5 Å². The lowest BCUT2D eigenvalue weighted by Crippen LogP contribution is -2.44. The highest BCUT2D eigenvalue weighted by Crippen LogP contribution is 2.24. The monoisotopic (exact) mass is 392 g/mol. The van der Waals surface area contributed by atoms with Crippen molar-refractivity contribution in [1.29, 1.82) is 0 Å². The van der Waals surface area contributed by atoms with Crippen LogP contribution in [0.2, 0.25) is 10.0 Å². The lowest BCUT2D eigenvalue weighted by atomic mass is 9.96. The van der Waals surface area contributed by atoms with Crippen molar-refractivity contribution >= 4 is 44.9 Å². The molecule has 9 heteroatoms. The molecule has 2 rings (SSSR count). The minimum Gasteiger partial charge on any atom is -0.369 e. The Hall–Kier alpha value is -1.31. The summed E-state index contributed by atoms with van der Waals surface area (Å²) in [5.41, 5.74) is 5.72. The Morgan fingerprint density at radius 3 is 2.33 bits per heavy atom. The number of primary amides is 1. The Morgan fingerprint density at radius 1 is 1.17 bits per heavy atom. The maximum absolute atomic E-state index is 12.2. The quantitative estimate of drug-likeness (QED) is 0.822. The number of nitrogens with zero attached hydrogens (tertiary/aromatic N) is 1. The van der Waals surface area contributed by atoms with Crippen LogP contribution in [-0.4, -0.2) is 44.0 Å². The average Bonchev–Trinajstić information content (AvgIpc) is 2.50. The SMILES string of the molecule is NC(=O)C1CCN(C(=O)CS(=O)(=O)Cc2ccc(Cl)c(Cl)c2)CC1. The van der Waals surface area contributed by atoms with Crippen LogP contribution >= 0.6 is 23.2 Å². The summed E-state index contributed by atoms with van der Waals surface area (Å²) in [6.45, 7) is 0.684. The summed E-state index contributed by atoms with van der Waals surface area (Å²) in [5.74, 6) is -1.95. The second-order valence-electron chi connectivity index (χ2n) is 5.84. The first-order valence-electron chi connectivity index (χ1n) is 7.39. The summed E-state index contributed by atoms with van der Waals surface area (Å²) in [7, 11) is -3.63. The van der Waals surface area contributed by atoms with E-state index in [4.69, 9.17) is 28.9 Å². The number of piperidine rings is 1. The number of benzene rings is 1. The normalized spacial score (nSPS) is 16.2. The molecule has 0 unspecified atom stereocenters. The number of likely N-dealkylation sites (tertiary alicyclic amines) is 1. The molecule has 0 aromatic heterocycles. The highest BCUT2D eigenvalue weighted by molar-refractivity contribution is 7.91. The van der Waals surface area contributed by atoms with Crippen molar-refractivity contribution in [3.63, 3.8) is 0 Å². The van der Waals surface area contributed by atoms with Crippen molar-refractivity contribution in [2.75, 3.05) is 18.8 Å². The van der Waals surface area contributed by atoms with Crippen molar-refractivity contribution in [3.05, 3.63) is 33.8 Å². The molecule has 0 saturated carbocycles. The van der Waals surface area contributed by atoms with Gasteiger partial charge in [0.2, 0.25) is 11.8 Å². The van der Waals surface area contributed by atoms with Crippen molar-refractivity contribution in [1.82, 2.24) is 4.90 Å². The summed E-state index contributed by atoms with van der Waals surface area (Å²) in [6, 6.07) is 4.56. The van der Waals surface area contributed by atoms with Crippen LogP contribution in [0.1, 0.15) is 18.4 Å². The van der Waals surface area contributed by atoms with E-state index >= 15 is 0 Å². The molecule has 6 nitrogen and oxygen atoms in total. The summed E-state index contributed by atoms with van der Waals surface area (Å²) < 4.78 is 24.4. The van der Waals surface area contributed by atoms with Crippen LogP contribution in [0.4, 0.5) is 0 Å². The minimum atomic E-state index is -3.63. The van der Waals surface area contributed by atoms with Crippen molar-refractivity contribution in [2.45, 2.75) is 18.6 Å². The van der Waals surface area contributed by atoms with Gasteiger partial charge in [-0.1, -0.05) is 29.3 Å². The number of nitrogens with two attached hydrogens (primary N) is 1. The van der Waals surface area contributed by atoms with Crippen LogP contribution in [0, 0.1) is 5.92 Å². The first kappa shape index (κ1) is 19.0. The fraction of sp³-hybridized carbons (Fsp3) is 0.467. The maximum Gasteiger partial charge on any atom is 0.237 e. The van der Waals surface area contributed by atoms with E-state index in [2.05, 4.69) is 0 Å². The van der Waals surface area contributed by atoms with Gasteiger partial charge in [-0.05, 0) is 30.5 Å². The first-order valence-corrected chi connectivity index (χ1v) is 9.97. The zero-order chi connectivity index (χ0) is 17.9. The van der Waals surface area contributed by atoms with E-state index in [1.54, 1.807) is 6.07 Å². The fourth-order valence-electron chi connectivity index (χ4n) is 2.63. The molecule has 0 spiro atoms. The molecule has 0 aliphatic carbocycles. The van der Waals surface area contributed by atoms with E-state index < -0.39 is 21.5 Å². The molecule has 24 heavy (non-hydrogen) atoms. The summed E-state index contributed by atoms with van der Waals surface area (Å²) in [6.07, 6.45) is 0.932. The van der Waals surface area contributed by atoms with Gasteiger partial charge in [0.05, 0.1) is 15.8 Å². The zero-order valence-corrected chi connectivity index (χ0v) is 15.2. The molecular formula is C15H18Cl2N2O4S. The Balaban J connectivity index is 1.95. The Labute approximate surface area is 150 Å². The van der Waals surface area contributed by atoms with Crippen LogP contribution in [0.5, 0.6) is 0 Å². The third kappa shape index (κ3) is 5.09. The van der Waals surface area contributed by atoms with Crippen LogP contribution in [0.15, 0.2) is 18.2 Å². The number of sulfone groups is 1. The highest BCUT2D eigenvalue weighted by atomic mass is 35.5. The Kier molecular flexibility index (Phi) is 6.11. The predicted molar refractivity (Wildman–Crippen MR) is 92.5 cm³/mol. The molecule has 1 aliphatic heterocycles. The van der Waals surface area contributed by atoms with Gasteiger partial charge in [-0.25, -0.2) is 8.42 Å². The molecule has 1 aliphatic rings. The van der Waals surface area contributed by atoms with Crippen molar-refractivity contribution < 1.29 is 18.0 Å². The maximum atomic E-state index is 12.2. The molecule has 0 radical (unpaired) electrons. The number of halogens is 2. The lowest BCUT2D eigenvalue weighted by Gasteiger charge is -2.30. The van der Waals surface area contributed by atoms with Crippen LogP contribution in [0.25, 0.3) is 0 Å². The number of carbonyl (C=O) groups is 2. The van der Waals surface area contributed by atoms with Gasteiger partial charge in [-0.15, -0.1) is 0 Å². The van der Waals surface area contributed by atoms with Gasteiger partial charge < -0.3 is 10.6 Å². The number of carbonyl (C=O) groups excluding carboxylic acids is 2. The second-order valence-corrected chi connectivity index (χ2v) is 8.72. The molecule has 1 fully saturated rings. The van der Waals surface area contributed by atoms with Crippen LogP contribution in [0.3, 0.4) is 0 Å². The van der Waals surface area contributed by atoms with Crippen LogP contribution < -0.4 is 5.73 Å². The average molecular weight is 393 g/mol. The number of hydrogen-bond donors (Lipinski definition) is 1. The van der Waals surface area contributed by atoms with Gasteiger partial charge in [0, 0.05) is 19.0 Å². The van der Waals surface area contributed by atoms with E-state index in [0.717, 1.165) is 0 Å². The van der Waals surface area contributed by atoms with Gasteiger partial charge in [0.1, 0.15) is 5.75 Å². The zero-order valence-electron chi connectivity index (χ0n) is 12.9. The lowest BCUT2D eigenvalue weighted by molar-refractivity contribution is -0.132. The van der Waals surface area contributed by atoms with Gasteiger partial charge in [-0.2, -0.15) is 0 Å².